The Balaban J connectivity index is 1.47. The largest absolute Gasteiger partial charge is 0.449 e. The van der Waals surface area contributed by atoms with E-state index in [0.29, 0.717) is 45.0 Å². The number of hydrogen-bond donors (Lipinski definition) is 1. The molecule has 2 aliphatic heterocycles. The molecule has 1 aromatic carbocycles. The molecule has 3 rings (SSSR count). The zero-order chi connectivity index (χ0) is 21.7. The summed E-state index contributed by atoms with van der Waals surface area (Å²) in [5.74, 6) is 0.0961. The van der Waals surface area contributed by atoms with Crippen LogP contribution in [0.4, 0.5) is 4.79 Å². The third-order valence-electron chi connectivity index (χ3n) is 5.93. The third-order valence-corrected chi connectivity index (χ3v) is 5.93. The second-order valence-corrected chi connectivity index (χ2v) is 8.77. The normalized spacial score (nSPS) is 21.1. The van der Waals surface area contributed by atoms with Gasteiger partial charge in [0.15, 0.2) is 0 Å². The molecule has 7 nitrogen and oxygen atoms in total. The maximum Gasteiger partial charge on any atom is 0.407 e. The summed E-state index contributed by atoms with van der Waals surface area (Å²) in [4.78, 5) is 41.0. The molecule has 0 aromatic heterocycles. The van der Waals surface area contributed by atoms with Gasteiger partial charge in [-0.25, -0.2) is 4.79 Å². The first-order valence-corrected chi connectivity index (χ1v) is 10.9. The lowest BCUT2D eigenvalue weighted by molar-refractivity contribution is -0.136. The molecular formula is C23H33N3O4. The lowest BCUT2D eigenvalue weighted by Crippen LogP contribution is -2.48. The summed E-state index contributed by atoms with van der Waals surface area (Å²) < 4.78 is 5.17. The topological polar surface area (TPSA) is 79.0 Å². The first-order chi connectivity index (χ1) is 14.3. The molecule has 0 radical (unpaired) electrons. The lowest BCUT2D eigenvalue weighted by Gasteiger charge is -2.33. The Labute approximate surface area is 178 Å². The van der Waals surface area contributed by atoms with Crippen LogP contribution in [0.15, 0.2) is 30.3 Å². The monoisotopic (exact) mass is 415 g/mol. The zero-order valence-corrected chi connectivity index (χ0v) is 18.2. The van der Waals surface area contributed by atoms with Gasteiger partial charge in [-0.05, 0) is 31.2 Å². The molecule has 1 N–H and O–H groups in total. The predicted octanol–water partition coefficient (Wildman–Crippen LogP) is 2.97. The number of nitrogens with one attached hydrogen (secondary N) is 1. The number of carbonyl (C=O) groups excluding carboxylic acids is 3. The van der Waals surface area contributed by atoms with E-state index in [1.165, 1.54) is 0 Å². The van der Waals surface area contributed by atoms with Crippen molar-refractivity contribution in [3.8, 4) is 0 Å². The van der Waals surface area contributed by atoms with Crippen molar-refractivity contribution >= 4 is 17.9 Å². The average molecular weight is 416 g/mol. The van der Waals surface area contributed by atoms with Crippen LogP contribution in [0.25, 0.3) is 0 Å². The van der Waals surface area contributed by atoms with E-state index < -0.39 is 0 Å². The number of hydrogen-bond acceptors (Lipinski definition) is 4. The van der Waals surface area contributed by atoms with Crippen LogP contribution in [0.2, 0.25) is 0 Å². The smallest absolute Gasteiger partial charge is 0.407 e. The van der Waals surface area contributed by atoms with Crippen LogP contribution in [0, 0.1) is 11.8 Å². The summed E-state index contributed by atoms with van der Waals surface area (Å²) in [6, 6.07) is 9.89. The second kappa shape index (κ2) is 9.96. The van der Waals surface area contributed by atoms with E-state index in [1.807, 2.05) is 60.9 Å². The fraction of sp³-hybridized carbons (Fsp3) is 0.609. The minimum atomic E-state index is -0.389. The summed E-state index contributed by atoms with van der Waals surface area (Å²) in [6.45, 7) is 8.04. The van der Waals surface area contributed by atoms with E-state index in [0.717, 1.165) is 5.56 Å². The first kappa shape index (κ1) is 22.1. The molecule has 164 valence electrons. The van der Waals surface area contributed by atoms with Crippen molar-refractivity contribution in [1.82, 2.24) is 15.1 Å². The quantitative estimate of drug-likeness (QED) is 0.775. The van der Waals surface area contributed by atoms with E-state index in [2.05, 4.69) is 5.32 Å². The Bertz CT molecular complexity index is 744. The van der Waals surface area contributed by atoms with Crippen molar-refractivity contribution in [3.05, 3.63) is 35.9 Å². The van der Waals surface area contributed by atoms with Gasteiger partial charge in [0.2, 0.25) is 11.8 Å². The van der Waals surface area contributed by atoms with Gasteiger partial charge in [0.1, 0.15) is 0 Å². The van der Waals surface area contributed by atoms with Gasteiger partial charge in [-0.15, -0.1) is 0 Å². The minimum Gasteiger partial charge on any atom is -0.449 e. The van der Waals surface area contributed by atoms with Crippen molar-refractivity contribution in [2.45, 2.75) is 52.1 Å². The Morgan fingerprint density at radius 1 is 1.13 bits per heavy atom. The zero-order valence-electron chi connectivity index (χ0n) is 18.2. The lowest BCUT2D eigenvalue weighted by atomic mass is 10.0. The molecule has 0 aliphatic carbocycles. The number of likely N-dealkylation sites (tertiary alicyclic amines) is 2. The molecule has 0 bridgehead atoms. The Kier molecular flexibility index (Phi) is 7.34. The van der Waals surface area contributed by atoms with E-state index in [9.17, 15) is 14.4 Å². The SMILES string of the molecule is CC(C)COC(=O)NC1CCN(C(=O)C2CC(=O)N(C(C)c3ccccc3)C2)CC1. The van der Waals surface area contributed by atoms with Crippen molar-refractivity contribution in [3.63, 3.8) is 0 Å². The van der Waals surface area contributed by atoms with Crippen LogP contribution >= 0.6 is 0 Å². The summed E-state index contributed by atoms with van der Waals surface area (Å²) in [6.07, 6.45) is 1.29. The summed E-state index contributed by atoms with van der Waals surface area (Å²) >= 11 is 0. The molecule has 30 heavy (non-hydrogen) atoms. The number of carbonyl (C=O) groups is 3. The Morgan fingerprint density at radius 3 is 2.43 bits per heavy atom. The van der Waals surface area contributed by atoms with Crippen molar-refractivity contribution in [2.24, 2.45) is 11.8 Å². The molecule has 1 aromatic rings. The molecule has 3 amide bonds. The average Bonchev–Trinajstić information content (AvgIpc) is 3.14. The third kappa shape index (κ3) is 5.52. The van der Waals surface area contributed by atoms with Gasteiger partial charge in [-0.1, -0.05) is 44.2 Å². The molecular weight excluding hydrogens is 382 g/mol. The number of benzene rings is 1. The maximum absolute atomic E-state index is 13.0. The highest BCUT2D eigenvalue weighted by Crippen LogP contribution is 2.30. The van der Waals surface area contributed by atoms with Crippen molar-refractivity contribution in [1.29, 1.82) is 0 Å². The standard InChI is InChI=1S/C23H33N3O4/c1-16(2)15-30-23(29)24-20-9-11-25(12-10-20)22(28)19-13-21(27)26(14-19)17(3)18-7-5-4-6-8-18/h4-8,16-17,19-20H,9-15H2,1-3H3,(H,24,29). The van der Waals surface area contributed by atoms with E-state index in [4.69, 9.17) is 4.74 Å². The van der Waals surface area contributed by atoms with Gasteiger partial charge in [0.25, 0.3) is 0 Å². The number of alkyl carbamates (subject to hydrolysis) is 1. The number of nitrogens with zero attached hydrogens (tertiary/aromatic N) is 2. The fourth-order valence-corrected chi connectivity index (χ4v) is 4.14. The highest BCUT2D eigenvalue weighted by Gasteiger charge is 2.39. The summed E-state index contributed by atoms with van der Waals surface area (Å²) in [7, 11) is 0. The summed E-state index contributed by atoms with van der Waals surface area (Å²) in [5, 5.41) is 2.89. The molecule has 0 spiro atoms. The molecule has 0 saturated carbocycles. The van der Waals surface area contributed by atoms with Gasteiger partial charge in [0, 0.05) is 32.1 Å². The van der Waals surface area contributed by atoms with Gasteiger partial charge in [0.05, 0.1) is 18.6 Å². The molecule has 2 atom stereocenters. The van der Waals surface area contributed by atoms with Crippen LogP contribution in [0.3, 0.4) is 0 Å². The predicted molar refractivity (Wildman–Crippen MR) is 114 cm³/mol. The highest BCUT2D eigenvalue weighted by atomic mass is 16.5. The number of piperidine rings is 1. The van der Waals surface area contributed by atoms with Crippen molar-refractivity contribution in [2.75, 3.05) is 26.2 Å². The van der Waals surface area contributed by atoms with Crippen LogP contribution in [0.5, 0.6) is 0 Å². The number of ether oxygens (including phenoxy) is 1. The van der Waals surface area contributed by atoms with E-state index in [-0.39, 0.29) is 42.3 Å². The number of rotatable bonds is 6. The van der Waals surface area contributed by atoms with Gasteiger partial charge in [-0.3, -0.25) is 9.59 Å². The second-order valence-electron chi connectivity index (χ2n) is 8.77. The number of amides is 3. The van der Waals surface area contributed by atoms with Crippen LogP contribution in [-0.2, 0) is 14.3 Å². The molecule has 2 saturated heterocycles. The van der Waals surface area contributed by atoms with E-state index >= 15 is 0 Å². The van der Waals surface area contributed by atoms with Gasteiger partial charge < -0.3 is 19.9 Å². The molecule has 2 heterocycles. The maximum atomic E-state index is 13.0. The van der Waals surface area contributed by atoms with Crippen LogP contribution < -0.4 is 5.32 Å². The molecule has 7 heteroatoms. The van der Waals surface area contributed by atoms with Crippen LogP contribution in [0.1, 0.15) is 51.6 Å². The molecule has 2 unspecified atom stereocenters. The highest BCUT2D eigenvalue weighted by molar-refractivity contribution is 5.89. The van der Waals surface area contributed by atoms with E-state index in [1.54, 1.807) is 0 Å². The van der Waals surface area contributed by atoms with Crippen molar-refractivity contribution < 1.29 is 19.1 Å². The first-order valence-electron chi connectivity index (χ1n) is 10.9. The van der Waals surface area contributed by atoms with Gasteiger partial charge >= 0.3 is 6.09 Å². The minimum absolute atomic E-state index is 0.0218. The Morgan fingerprint density at radius 2 is 1.80 bits per heavy atom. The van der Waals surface area contributed by atoms with Crippen LogP contribution in [-0.4, -0.2) is 60.0 Å². The molecule has 2 aliphatic rings. The fourth-order valence-electron chi connectivity index (χ4n) is 4.14. The molecule has 2 fully saturated rings. The Hall–Kier alpha value is -2.57. The summed E-state index contributed by atoms with van der Waals surface area (Å²) in [5.41, 5.74) is 1.08. The van der Waals surface area contributed by atoms with Gasteiger partial charge in [-0.2, -0.15) is 0 Å².